The van der Waals surface area contributed by atoms with Crippen LogP contribution < -0.4 is 10.1 Å². The smallest absolute Gasteiger partial charge is 0.252 e. The number of nitrogens with one attached hydrogen (secondary N) is 1. The Labute approximate surface area is 117 Å². The van der Waals surface area contributed by atoms with Gasteiger partial charge in [-0.3, -0.25) is 4.79 Å². The number of amides is 1. The molecule has 0 saturated heterocycles. The van der Waals surface area contributed by atoms with Crippen LogP contribution in [0.15, 0.2) is 18.2 Å². The van der Waals surface area contributed by atoms with Crippen molar-refractivity contribution in [3.05, 3.63) is 23.2 Å². The van der Waals surface area contributed by atoms with Gasteiger partial charge in [-0.15, -0.1) is 0 Å². The van der Waals surface area contributed by atoms with E-state index in [0.717, 1.165) is 12.8 Å². The molecule has 1 saturated carbocycles. The second kappa shape index (κ2) is 6.26. The Morgan fingerprint density at radius 3 is 2.74 bits per heavy atom. The lowest BCUT2D eigenvalue weighted by Crippen LogP contribution is -2.24. The summed E-state index contributed by atoms with van der Waals surface area (Å²) in [5.74, 6) is 0.184. The van der Waals surface area contributed by atoms with E-state index in [2.05, 4.69) is 5.32 Å². The van der Waals surface area contributed by atoms with Crippen LogP contribution in [0, 0.1) is 0 Å². The molecule has 0 heterocycles. The fourth-order valence-corrected chi connectivity index (χ4v) is 2.33. The second-order valence-corrected chi connectivity index (χ2v) is 5.24. The predicted octanol–water partition coefficient (Wildman–Crippen LogP) is 2.98. The summed E-state index contributed by atoms with van der Waals surface area (Å²) in [5, 5.41) is 12.2. The molecule has 0 spiro atoms. The lowest BCUT2D eigenvalue weighted by molar-refractivity contribution is -0.123. The molecule has 5 heteroatoms. The van der Waals surface area contributed by atoms with Crippen LogP contribution in [-0.2, 0) is 4.79 Å². The van der Waals surface area contributed by atoms with Crippen molar-refractivity contribution in [2.75, 3.05) is 5.32 Å². The third kappa shape index (κ3) is 3.85. The molecule has 0 aromatic heterocycles. The van der Waals surface area contributed by atoms with E-state index < -0.39 is 12.0 Å². The average Bonchev–Trinajstić information content (AvgIpc) is 2.85. The van der Waals surface area contributed by atoms with Crippen LogP contribution >= 0.6 is 11.6 Å². The van der Waals surface area contributed by atoms with Gasteiger partial charge >= 0.3 is 0 Å². The van der Waals surface area contributed by atoms with Crippen LogP contribution in [0.2, 0.25) is 5.02 Å². The number of aliphatic hydroxyl groups excluding tert-OH is 1. The van der Waals surface area contributed by atoms with Gasteiger partial charge in [0.1, 0.15) is 11.9 Å². The summed E-state index contributed by atoms with van der Waals surface area (Å²) < 4.78 is 5.82. The van der Waals surface area contributed by atoms with Gasteiger partial charge in [-0.05, 0) is 50.8 Å². The zero-order valence-electron chi connectivity index (χ0n) is 10.9. The molecule has 2 N–H and O–H groups in total. The summed E-state index contributed by atoms with van der Waals surface area (Å²) in [7, 11) is 0. The number of aliphatic hydroxyl groups is 1. The van der Waals surface area contributed by atoms with Gasteiger partial charge in [0.15, 0.2) is 0 Å². The van der Waals surface area contributed by atoms with Crippen molar-refractivity contribution in [1.29, 1.82) is 0 Å². The summed E-state index contributed by atoms with van der Waals surface area (Å²) in [5.41, 5.74) is 0.551. The van der Waals surface area contributed by atoms with Crippen LogP contribution in [0.3, 0.4) is 0 Å². The molecule has 1 amide bonds. The van der Waals surface area contributed by atoms with Crippen LogP contribution in [0.25, 0.3) is 0 Å². The number of rotatable bonds is 4. The number of halogens is 1. The number of hydrogen-bond donors (Lipinski definition) is 2. The maximum absolute atomic E-state index is 11.4. The minimum absolute atomic E-state index is 0.246. The molecule has 104 valence electrons. The van der Waals surface area contributed by atoms with Crippen LogP contribution in [0.4, 0.5) is 5.69 Å². The normalized spacial score (nSPS) is 17.2. The van der Waals surface area contributed by atoms with Gasteiger partial charge in [0.05, 0.1) is 11.1 Å². The van der Waals surface area contributed by atoms with E-state index in [1.807, 2.05) is 0 Å². The Morgan fingerprint density at radius 1 is 1.47 bits per heavy atom. The number of benzene rings is 1. The zero-order valence-corrected chi connectivity index (χ0v) is 11.6. The molecule has 1 aromatic carbocycles. The van der Waals surface area contributed by atoms with E-state index in [1.165, 1.54) is 19.8 Å². The van der Waals surface area contributed by atoms with Crippen molar-refractivity contribution in [2.24, 2.45) is 0 Å². The Balaban J connectivity index is 2.02. The van der Waals surface area contributed by atoms with Crippen LogP contribution in [0.5, 0.6) is 5.75 Å². The van der Waals surface area contributed by atoms with Crippen molar-refractivity contribution < 1.29 is 14.6 Å². The topological polar surface area (TPSA) is 58.6 Å². The number of carbonyl (C=O) groups is 1. The monoisotopic (exact) mass is 283 g/mol. The largest absolute Gasteiger partial charge is 0.489 e. The SMILES string of the molecule is CC(O)C(=O)Nc1ccc(OC2CCCC2)c(Cl)c1. The maximum Gasteiger partial charge on any atom is 0.252 e. The van der Waals surface area contributed by atoms with Gasteiger partial charge in [-0.25, -0.2) is 0 Å². The molecule has 0 radical (unpaired) electrons. The van der Waals surface area contributed by atoms with Gasteiger partial charge in [0.2, 0.25) is 0 Å². The van der Waals surface area contributed by atoms with E-state index in [9.17, 15) is 4.79 Å². The molecule has 4 nitrogen and oxygen atoms in total. The third-order valence-corrected chi connectivity index (χ3v) is 3.47. The number of hydrogen-bond acceptors (Lipinski definition) is 3. The molecule has 1 aliphatic carbocycles. The molecule has 1 fully saturated rings. The second-order valence-electron chi connectivity index (χ2n) is 4.83. The number of anilines is 1. The first-order valence-corrected chi connectivity index (χ1v) is 6.89. The van der Waals surface area contributed by atoms with Crippen LogP contribution in [-0.4, -0.2) is 23.2 Å². The fraction of sp³-hybridized carbons (Fsp3) is 0.500. The van der Waals surface area contributed by atoms with Gasteiger partial charge in [-0.2, -0.15) is 0 Å². The van der Waals surface area contributed by atoms with Gasteiger partial charge in [0, 0.05) is 5.69 Å². The van der Waals surface area contributed by atoms with Crippen molar-refractivity contribution in [3.63, 3.8) is 0 Å². The summed E-state index contributed by atoms with van der Waals surface area (Å²) >= 11 is 6.13. The zero-order chi connectivity index (χ0) is 13.8. The highest BCUT2D eigenvalue weighted by Crippen LogP contribution is 2.31. The molecule has 1 aromatic rings. The first-order chi connectivity index (χ1) is 9.06. The summed E-state index contributed by atoms with van der Waals surface area (Å²) in [4.78, 5) is 11.4. The predicted molar refractivity (Wildman–Crippen MR) is 74.6 cm³/mol. The highest BCUT2D eigenvalue weighted by Gasteiger charge is 2.18. The molecule has 2 rings (SSSR count). The van der Waals surface area contributed by atoms with Crippen molar-refractivity contribution in [3.8, 4) is 5.75 Å². The van der Waals surface area contributed by atoms with E-state index >= 15 is 0 Å². The molecule has 0 aliphatic heterocycles. The molecule has 1 atom stereocenters. The Kier molecular flexibility index (Phi) is 4.66. The van der Waals surface area contributed by atoms with Crippen LogP contribution in [0.1, 0.15) is 32.6 Å². The van der Waals surface area contributed by atoms with Crippen molar-refractivity contribution in [2.45, 2.75) is 44.8 Å². The van der Waals surface area contributed by atoms with Gasteiger partial charge in [-0.1, -0.05) is 11.6 Å². The summed E-state index contributed by atoms with van der Waals surface area (Å²) in [6, 6.07) is 5.10. The highest BCUT2D eigenvalue weighted by atomic mass is 35.5. The lowest BCUT2D eigenvalue weighted by atomic mass is 10.2. The molecule has 0 bridgehead atoms. The molecule has 1 unspecified atom stereocenters. The molecular formula is C14H18ClNO3. The minimum atomic E-state index is -1.05. The minimum Gasteiger partial charge on any atom is -0.489 e. The third-order valence-electron chi connectivity index (χ3n) is 3.17. The first kappa shape index (κ1) is 14.2. The van der Waals surface area contributed by atoms with E-state index in [-0.39, 0.29) is 6.10 Å². The average molecular weight is 284 g/mol. The molecule has 1 aliphatic rings. The Bertz CT molecular complexity index is 456. The lowest BCUT2D eigenvalue weighted by Gasteiger charge is -2.15. The fourth-order valence-electron chi connectivity index (χ4n) is 2.11. The molecular weight excluding hydrogens is 266 g/mol. The van der Waals surface area contributed by atoms with E-state index in [0.29, 0.717) is 16.5 Å². The molecule has 19 heavy (non-hydrogen) atoms. The quantitative estimate of drug-likeness (QED) is 0.893. The van der Waals surface area contributed by atoms with Gasteiger partial charge in [0.25, 0.3) is 5.91 Å². The standard InChI is InChI=1S/C14H18ClNO3/c1-9(17)14(18)16-10-6-7-13(12(15)8-10)19-11-4-2-3-5-11/h6-9,11,17H,2-5H2,1H3,(H,16,18). The Morgan fingerprint density at radius 2 is 2.16 bits per heavy atom. The number of ether oxygens (including phenoxy) is 1. The van der Waals surface area contributed by atoms with E-state index in [4.69, 9.17) is 21.4 Å². The summed E-state index contributed by atoms with van der Waals surface area (Å²) in [6.45, 7) is 1.41. The maximum atomic E-state index is 11.4. The first-order valence-electron chi connectivity index (χ1n) is 6.51. The summed E-state index contributed by atoms with van der Waals surface area (Å²) in [6.07, 6.45) is 3.73. The highest BCUT2D eigenvalue weighted by molar-refractivity contribution is 6.32. The van der Waals surface area contributed by atoms with Crippen molar-refractivity contribution >= 4 is 23.2 Å². The number of carbonyl (C=O) groups excluding carboxylic acids is 1. The van der Waals surface area contributed by atoms with E-state index in [1.54, 1.807) is 18.2 Å². The van der Waals surface area contributed by atoms with Gasteiger partial charge < -0.3 is 15.2 Å². The van der Waals surface area contributed by atoms with Crippen molar-refractivity contribution in [1.82, 2.24) is 0 Å². The Hall–Kier alpha value is -1.26.